The lowest BCUT2D eigenvalue weighted by atomic mass is 9.77. The smallest absolute Gasteiger partial charge is 0.280 e. The number of aryl methyl sites for hydroxylation is 1. The van der Waals surface area contributed by atoms with Crippen molar-refractivity contribution in [1.29, 1.82) is 0 Å². The Balaban J connectivity index is 0.00000108. The standard InChI is InChI=1S/C10H12N4O2.ClH/c1-6-5-7(13-15-6)8-12-9(14-16-8)10(11)3-2-4-10;/h5H,2-4,11H2,1H3;1H. The van der Waals surface area contributed by atoms with E-state index >= 15 is 0 Å². The van der Waals surface area contributed by atoms with Crippen LogP contribution in [0.5, 0.6) is 0 Å². The summed E-state index contributed by atoms with van der Waals surface area (Å²) in [5, 5.41) is 7.72. The van der Waals surface area contributed by atoms with Gasteiger partial charge in [-0.1, -0.05) is 10.3 Å². The molecule has 1 fully saturated rings. The SMILES string of the molecule is Cc1cc(-c2nc(C3(N)CCC3)no2)no1.Cl. The summed E-state index contributed by atoms with van der Waals surface area (Å²) < 4.78 is 10.1. The van der Waals surface area contributed by atoms with E-state index in [2.05, 4.69) is 15.3 Å². The third-order valence-electron chi connectivity index (χ3n) is 2.96. The van der Waals surface area contributed by atoms with E-state index in [0.717, 1.165) is 19.3 Å². The second-order valence-corrected chi connectivity index (χ2v) is 4.26. The van der Waals surface area contributed by atoms with Crippen molar-refractivity contribution in [2.45, 2.75) is 31.7 Å². The topological polar surface area (TPSA) is 91.0 Å². The molecule has 17 heavy (non-hydrogen) atoms. The van der Waals surface area contributed by atoms with Gasteiger partial charge in [0.1, 0.15) is 5.76 Å². The maximum Gasteiger partial charge on any atom is 0.280 e. The summed E-state index contributed by atoms with van der Waals surface area (Å²) in [5.41, 5.74) is 6.24. The van der Waals surface area contributed by atoms with Crippen molar-refractivity contribution in [2.75, 3.05) is 0 Å². The summed E-state index contributed by atoms with van der Waals surface area (Å²) in [5.74, 6) is 1.64. The lowest BCUT2D eigenvalue weighted by Crippen LogP contribution is -2.44. The molecule has 0 amide bonds. The van der Waals surface area contributed by atoms with Crippen molar-refractivity contribution >= 4 is 12.4 Å². The first-order chi connectivity index (χ1) is 7.67. The molecule has 2 aromatic rings. The first-order valence-electron chi connectivity index (χ1n) is 5.24. The van der Waals surface area contributed by atoms with Gasteiger partial charge in [0.15, 0.2) is 11.5 Å². The normalized spacial score (nSPS) is 17.3. The number of hydrogen-bond acceptors (Lipinski definition) is 6. The van der Waals surface area contributed by atoms with Crippen LogP contribution >= 0.6 is 12.4 Å². The van der Waals surface area contributed by atoms with E-state index in [0.29, 0.717) is 23.2 Å². The zero-order chi connectivity index (χ0) is 11.2. The van der Waals surface area contributed by atoms with Gasteiger partial charge < -0.3 is 14.8 Å². The molecule has 0 unspecified atom stereocenters. The first-order valence-corrected chi connectivity index (χ1v) is 5.24. The van der Waals surface area contributed by atoms with Crippen LogP contribution in [0.1, 0.15) is 30.8 Å². The Hall–Kier alpha value is -1.40. The molecule has 2 heterocycles. The summed E-state index contributed by atoms with van der Waals surface area (Å²) in [7, 11) is 0. The summed E-state index contributed by atoms with van der Waals surface area (Å²) in [6, 6.07) is 1.75. The minimum atomic E-state index is -0.402. The second kappa shape index (κ2) is 4.12. The minimum absolute atomic E-state index is 0. The van der Waals surface area contributed by atoms with E-state index in [9.17, 15) is 0 Å². The molecule has 1 aliphatic carbocycles. The van der Waals surface area contributed by atoms with Crippen molar-refractivity contribution in [3.63, 3.8) is 0 Å². The Kier molecular flexibility index (Phi) is 2.92. The first kappa shape index (κ1) is 12.1. The highest BCUT2D eigenvalue weighted by Gasteiger charge is 2.39. The zero-order valence-corrected chi connectivity index (χ0v) is 10.2. The van der Waals surface area contributed by atoms with E-state index < -0.39 is 5.54 Å². The third kappa shape index (κ3) is 1.94. The number of nitrogens with two attached hydrogens (primary N) is 1. The van der Waals surface area contributed by atoms with Crippen LogP contribution in [0.3, 0.4) is 0 Å². The van der Waals surface area contributed by atoms with Gasteiger partial charge in [0.2, 0.25) is 0 Å². The summed E-state index contributed by atoms with van der Waals surface area (Å²) in [6.07, 6.45) is 2.93. The summed E-state index contributed by atoms with van der Waals surface area (Å²) in [6.45, 7) is 1.81. The van der Waals surface area contributed by atoms with Crippen LogP contribution in [0, 0.1) is 6.92 Å². The van der Waals surface area contributed by atoms with Gasteiger partial charge in [0.05, 0.1) is 5.54 Å². The molecule has 0 aliphatic heterocycles. The number of aromatic nitrogens is 3. The van der Waals surface area contributed by atoms with Gasteiger partial charge in [-0.2, -0.15) is 4.98 Å². The van der Waals surface area contributed by atoms with Crippen LogP contribution in [0.2, 0.25) is 0 Å². The molecule has 3 rings (SSSR count). The molecule has 0 aromatic carbocycles. The Bertz CT molecular complexity index is 518. The van der Waals surface area contributed by atoms with E-state index in [1.165, 1.54) is 0 Å². The average Bonchev–Trinajstić information content (AvgIpc) is 2.82. The van der Waals surface area contributed by atoms with E-state index in [1.54, 1.807) is 6.07 Å². The zero-order valence-electron chi connectivity index (χ0n) is 9.34. The number of nitrogens with zero attached hydrogens (tertiary/aromatic N) is 3. The van der Waals surface area contributed by atoms with Crippen molar-refractivity contribution in [2.24, 2.45) is 5.73 Å². The van der Waals surface area contributed by atoms with Crippen LogP contribution in [-0.4, -0.2) is 15.3 Å². The quantitative estimate of drug-likeness (QED) is 0.881. The molecule has 6 nitrogen and oxygen atoms in total. The number of rotatable bonds is 2. The fourth-order valence-corrected chi connectivity index (χ4v) is 1.78. The van der Waals surface area contributed by atoms with E-state index in [4.69, 9.17) is 14.8 Å². The van der Waals surface area contributed by atoms with Crippen LogP contribution in [0.25, 0.3) is 11.6 Å². The van der Waals surface area contributed by atoms with Gasteiger partial charge in [-0.3, -0.25) is 0 Å². The Morgan fingerprint density at radius 3 is 2.59 bits per heavy atom. The molecular formula is C10H13ClN4O2. The van der Waals surface area contributed by atoms with E-state index in [1.807, 2.05) is 6.92 Å². The predicted molar refractivity (Wildman–Crippen MR) is 61.5 cm³/mol. The molecule has 0 spiro atoms. The molecule has 0 radical (unpaired) electrons. The molecule has 0 saturated heterocycles. The average molecular weight is 257 g/mol. The molecule has 92 valence electrons. The highest BCUT2D eigenvalue weighted by atomic mass is 35.5. The van der Waals surface area contributed by atoms with Gasteiger partial charge in [-0.05, 0) is 26.2 Å². The largest absolute Gasteiger partial charge is 0.361 e. The van der Waals surface area contributed by atoms with Gasteiger partial charge >= 0.3 is 0 Å². The number of halogens is 1. The molecule has 1 saturated carbocycles. The number of hydrogen-bond donors (Lipinski definition) is 1. The maximum absolute atomic E-state index is 6.09. The third-order valence-corrected chi connectivity index (χ3v) is 2.96. The van der Waals surface area contributed by atoms with E-state index in [-0.39, 0.29) is 12.4 Å². The lowest BCUT2D eigenvalue weighted by Gasteiger charge is -2.34. The van der Waals surface area contributed by atoms with Crippen molar-refractivity contribution in [3.8, 4) is 11.6 Å². The fourth-order valence-electron chi connectivity index (χ4n) is 1.78. The van der Waals surface area contributed by atoms with Crippen LogP contribution in [-0.2, 0) is 5.54 Å². The fraction of sp³-hybridized carbons (Fsp3) is 0.500. The van der Waals surface area contributed by atoms with Gasteiger partial charge in [0.25, 0.3) is 5.89 Å². The Morgan fingerprint density at radius 2 is 2.06 bits per heavy atom. The molecule has 7 heteroatoms. The molecule has 0 atom stereocenters. The monoisotopic (exact) mass is 256 g/mol. The minimum Gasteiger partial charge on any atom is -0.361 e. The molecule has 0 bridgehead atoms. The van der Waals surface area contributed by atoms with Gasteiger partial charge in [-0.15, -0.1) is 12.4 Å². The van der Waals surface area contributed by atoms with Gasteiger partial charge in [0, 0.05) is 6.07 Å². The van der Waals surface area contributed by atoms with Crippen LogP contribution in [0.4, 0.5) is 0 Å². The summed E-state index contributed by atoms with van der Waals surface area (Å²) in [4.78, 5) is 4.26. The van der Waals surface area contributed by atoms with Crippen LogP contribution < -0.4 is 5.73 Å². The molecular weight excluding hydrogens is 244 g/mol. The maximum atomic E-state index is 6.09. The Morgan fingerprint density at radius 1 is 1.29 bits per heavy atom. The van der Waals surface area contributed by atoms with Crippen molar-refractivity contribution in [3.05, 3.63) is 17.7 Å². The highest BCUT2D eigenvalue weighted by Crippen LogP contribution is 2.37. The summed E-state index contributed by atoms with van der Waals surface area (Å²) >= 11 is 0. The van der Waals surface area contributed by atoms with Gasteiger partial charge in [-0.25, -0.2) is 0 Å². The second-order valence-electron chi connectivity index (χ2n) is 4.26. The lowest BCUT2D eigenvalue weighted by molar-refractivity contribution is 0.229. The molecule has 1 aliphatic rings. The van der Waals surface area contributed by atoms with Crippen molar-refractivity contribution in [1.82, 2.24) is 15.3 Å². The molecule has 2 aromatic heterocycles. The molecule has 2 N–H and O–H groups in total. The van der Waals surface area contributed by atoms with Crippen LogP contribution in [0.15, 0.2) is 15.1 Å². The van der Waals surface area contributed by atoms with Crippen molar-refractivity contribution < 1.29 is 9.05 Å². The Labute approximate surface area is 104 Å². The highest BCUT2D eigenvalue weighted by molar-refractivity contribution is 5.85. The predicted octanol–water partition coefficient (Wildman–Crippen LogP) is 1.79.